The lowest BCUT2D eigenvalue weighted by Crippen LogP contribution is -2.13. The minimum absolute atomic E-state index is 0.581. The Bertz CT molecular complexity index is 336. The maximum absolute atomic E-state index is 5.40. The van der Waals surface area contributed by atoms with E-state index in [1.807, 2.05) is 0 Å². The molecule has 1 rings (SSSR count). The van der Waals surface area contributed by atoms with Crippen molar-refractivity contribution in [3.63, 3.8) is 0 Å². The minimum atomic E-state index is 0.581. The minimum Gasteiger partial charge on any atom is -0.496 e. The molecule has 2 atom stereocenters. The van der Waals surface area contributed by atoms with Crippen LogP contribution in [0, 0.1) is 12.8 Å². The highest BCUT2D eigenvalue weighted by molar-refractivity contribution is 9.09. The van der Waals surface area contributed by atoms with Crippen LogP contribution in [0.5, 0.6) is 5.75 Å². The lowest BCUT2D eigenvalue weighted by Gasteiger charge is -2.18. The van der Waals surface area contributed by atoms with Crippen LogP contribution in [-0.4, -0.2) is 11.9 Å². The molecule has 0 N–H and O–H groups in total. The Kier molecular flexibility index (Phi) is 5.33. The van der Waals surface area contributed by atoms with Crippen molar-refractivity contribution >= 4 is 15.9 Å². The van der Waals surface area contributed by atoms with E-state index in [9.17, 15) is 0 Å². The van der Waals surface area contributed by atoms with Crippen molar-refractivity contribution in [2.45, 2.75) is 38.4 Å². The van der Waals surface area contributed by atoms with Gasteiger partial charge >= 0.3 is 0 Å². The maximum atomic E-state index is 5.40. The molecule has 90 valence electrons. The van der Waals surface area contributed by atoms with Gasteiger partial charge in [0.05, 0.1) is 7.11 Å². The van der Waals surface area contributed by atoms with Crippen LogP contribution in [0.25, 0.3) is 0 Å². The number of hydrogen-bond donors (Lipinski definition) is 0. The molecule has 0 aliphatic rings. The van der Waals surface area contributed by atoms with E-state index in [2.05, 4.69) is 54.9 Å². The van der Waals surface area contributed by atoms with Gasteiger partial charge in [-0.1, -0.05) is 47.5 Å². The SMILES string of the molecule is CCC(Br)C(C)Cc1cc(C)ccc1OC. The normalized spacial score (nSPS) is 14.6. The van der Waals surface area contributed by atoms with Crippen molar-refractivity contribution in [3.05, 3.63) is 29.3 Å². The molecule has 1 nitrogen and oxygen atoms in total. The zero-order chi connectivity index (χ0) is 12.1. The topological polar surface area (TPSA) is 9.23 Å². The van der Waals surface area contributed by atoms with E-state index >= 15 is 0 Å². The number of halogens is 1. The summed E-state index contributed by atoms with van der Waals surface area (Å²) in [5, 5.41) is 0. The third-order valence-corrected chi connectivity index (χ3v) is 4.54. The summed E-state index contributed by atoms with van der Waals surface area (Å²) in [7, 11) is 1.74. The van der Waals surface area contributed by atoms with Gasteiger partial charge < -0.3 is 4.74 Å². The highest BCUT2D eigenvalue weighted by Crippen LogP contribution is 2.26. The molecule has 0 fully saturated rings. The number of aryl methyl sites for hydroxylation is 1. The second-order valence-electron chi connectivity index (χ2n) is 4.42. The zero-order valence-corrected chi connectivity index (χ0v) is 12.2. The highest BCUT2D eigenvalue weighted by atomic mass is 79.9. The van der Waals surface area contributed by atoms with E-state index in [0.717, 1.165) is 18.6 Å². The molecule has 0 spiro atoms. The zero-order valence-electron chi connectivity index (χ0n) is 10.6. The van der Waals surface area contributed by atoms with Crippen LogP contribution in [-0.2, 0) is 6.42 Å². The molecule has 1 aromatic rings. The Labute approximate surface area is 107 Å². The summed E-state index contributed by atoms with van der Waals surface area (Å²) in [5.74, 6) is 1.63. The van der Waals surface area contributed by atoms with Gasteiger partial charge in [-0.15, -0.1) is 0 Å². The summed E-state index contributed by atoms with van der Waals surface area (Å²) in [4.78, 5) is 0.581. The van der Waals surface area contributed by atoms with Crippen molar-refractivity contribution in [1.29, 1.82) is 0 Å². The lowest BCUT2D eigenvalue weighted by molar-refractivity contribution is 0.404. The van der Waals surface area contributed by atoms with Gasteiger partial charge in [-0.05, 0) is 37.3 Å². The standard InChI is InChI=1S/C14H21BrO/c1-5-13(15)11(3)9-12-8-10(2)6-7-14(12)16-4/h6-8,11,13H,5,9H2,1-4H3. The van der Waals surface area contributed by atoms with Crippen molar-refractivity contribution in [3.8, 4) is 5.75 Å². The molecule has 0 radical (unpaired) electrons. The van der Waals surface area contributed by atoms with E-state index in [-0.39, 0.29) is 0 Å². The first-order valence-electron chi connectivity index (χ1n) is 5.86. The molecule has 16 heavy (non-hydrogen) atoms. The molecule has 1 aromatic carbocycles. The third kappa shape index (κ3) is 3.51. The first-order valence-corrected chi connectivity index (χ1v) is 6.77. The average molecular weight is 285 g/mol. The monoisotopic (exact) mass is 284 g/mol. The molecular formula is C14H21BrO. The van der Waals surface area contributed by atoms with Crippen LogP contribution in [0.2, 0.25) is 0 Å². The predicted octanol–water partition coefficient (Wildman–Crippen LogP) is 4.36. The average Bonchev–Trinajstić information content (AvgIpc) is 2.28. The Morgan fingerprint density at radius 1 is 1.38 bits per heavy atom. The van der Waals surface area contributed by atoms with Gasteiger partial charge in [0.1, 0.15) is 5.75 Å². The number of methoxy groups -OCH3 is 1. The van der Waals surface area contributed by atoms with Crippen molar-refractivity contribution < 1.29 is 4.74 Å². The van der Waals surface area contributed by atoms with Crippen molar-refractivity contribution in [1.82, 2.24) is 0 Å². The maximum Gasteiger partial charge on any atom is 0.122 e. The lowest BCUT2D eigenvalue weighted by atomic mass is 9.95. The third-order valence-electron chi connectivity index (χ3n) is 2.99. The molecule has 0 aliphatic carbocycles. The Balaban J connectivity index is 2.82. The van der Waals surface area contributed by atoms with Gasteiger partial charge in [-0.25, -0.2) is 0 Å². The second-order valence-corrected chi connectivity index (χ2v) is 5.60. The largest absolute Gasteiger partial charge is 0.496 e. The van der Waals surface area contributed by atoms with Crippen molar-refractivity contribution in [2.75, 3.05) is 7.11 Å². The quantitative estimate of drug-likeness (QED) is 0.730. The van der Waals surface area contributed by atoms with Crippen LogP contribution in [0.3, 0.4) is 0 Å². The van der Waals surface area contributed by atoms with E-state index in [1.54, 1.807) is 7.11 Å². The fourth-order valence-electron chi connectivity index (χ4n) is 1.94. The van der Waals surface area contributed by atoms with Crippen molar-refractivity contribution in [2.24, 2.45) is 5.92 Å². The first-order chi connectivity index (χ1) is 7.58. The predicted molar refractivity (Wildman–Crippen MR) is 73.6 cm³/mol. The fraction of sp³-hybridized carbons (Fsp3) is 0.571. The molecule has 0 aliphatic heterocycles. The molecule has 0 aromatic heterocycles. The van der Waals surface area contributed by atoms with Gasteiger partial charge in [-0.3, -0.25) is 0 Å². The summed E-state index contributed by atoms with van der Waals surface area (Å²) in [6.45, 7) is 6.62. The molecular weight excluding hydrogens is 264 g/mol. The second kappa shape index (κ2) is 6.29. The summed E-state index contributed by atoms with van der Waals surface area (Å²) in [5.41, 5.74) is 2.61. The first kappa shape index (κ1) is 13.6. The van der Waals surface area contributed by atoms with Gasteiger partial charge in [0.2, 0.25) is 0 Å². The van der Waals surface area contributed by atoms with Crippen LogP contribution in [0.4, 0.5) is 0 Å². The summed E-state index contributed by atoms with van der Waals surface area (Å²) in [6.07, 6.45) is 2.23. The molecule has 2 unspecified atom stereocenters. The van der Waals surface area contributed by atoms with Gasteiger partial charge in [0.25, 0.3) is 0 Å². The molecule has 0 bridgehead atoms. The fourth-order valence-corrected chi connectivity index (χ4v) is 2.13. The van der Waals surface area contributed by atoms with Crippen LogP contribution in [0.1, 0.15) is 31.4 Å². The van der Waals surface area contributed by atoms with E-state index in [1.165, 1.54) is 11.1 Å². The molecule has 2 heteroatoms. The summed E-state index contributed by atoms with van der Waals surface area (Å²) in [6, 6.07) is 6.38. The van der Waals surface area contributed by atoms with Crippen LogP contribution < -0.4 is 4.74 Å². The number of alkyl halides is 1. The van der Waals surface area contributed by atoms with Gasteiger partial charge in [-0.2, -0.15) is 0 Å². The van der Waals surface area contributed by atoms with Gasteiger partial charge in [0.15, 0.2) is 0 Å². The smallest absolute Gasteiger partial charge is 0.122 e. The van der Waals surface area contributed by atoms with Crippen LogP contribution >= 0.6 is 15.9 Å². The molecule has 0 saturated carbocycles. The Morgan fingerprint density at radius 3 is 2.62 bits per heavy atom. The summed E-state index contributed by atoms with van der Waals surface area (Å²) >= 11 is 3.72. The molecule has 0 heterocycles. The Hall–Kier alpha value is -0.500. The van der Waals surface area contributed by atoms with E-state index in [4.69, 9.17) is 4.74 Å². The number of rotatable bonds is 5. The summed E-state index contributed by atoms with van der Waals surface area (Å²) < 4.78 is 5.40. The Morgan fingerprint density at radius 2 is 2.06 bits per heavy atom. The van der Waals surface area contributed by atoms with E-state index < -0.39 is 0 Å². The number of benzene rings is 1. The van der Waals surface area contributed by atoms with E-state index in [0.29, 0.717) is 10.7 Å². The highest BCUT2D eigenvalue weighted by Gasteiger charge is 2.14. The molecule has 0 amide bonds. The van der Waals surface area contributed by atoms with Crippen LogP contribution in [0.15, 0.2) is 18.2 Å². The number of ether oxygens (including phenoxy) is 1. The molecule has 0 saturated heterocycles. The van der Waals surface area contributed by atoms with Gasteiger partial charge in [0, 0.05) is 4.83 Å². The number of hydrogen-bond acceptors (Lipinski definition) is 1.